The molecule has 92 valence electrons. The van der Waals surface area contributed by atoms with Crippen molar-refractivity contribution in [2.24, 2.45) is 0 Å². The third kappa shape index (κ3) is 1.84. The lowest BCUT2D eigenvalue weighted by atomic mass is 10.1. The van der Waals surface area contributed by atoms with Gasteiger partial charge in [-0.2, -0.15) is 0 Å². The molecule has 3 heterocycles. The molecule has 0 spiro atoms. The molecule has 0 unspecified atom stereocenters. The molecule has 2 aromatic heterocycles. The first kappa shape index (κ1) is 11.1. The molecule has 0 atom stereocenters. The number of hydrogen-bond donors (Lipinski definition) is 1. The van der Waals surface area contributed by atoms with Crippen LogP contribution in [0.5, 0.6) is 0 Å². The Bertz CT molecular complexity index is 795. The maximum atomic E-state index is 4.35. The van der Waals surface area contributed by atoms with Crippen molar-refractivity contribution in [3.8, 4) is 0 Å². The summed E-state index contributed by atoms with van der Waals surface area (Å²) in [5, 5.41) is 3.48. The van der Waals surface area contributed by atoms with E-state index >= 15 is 0 Å². The predicted molar refractivity (Wildman–Crippen MR) is 83.3 cm³/mol. The quantitative estimate of drug-likeness (QED) is 0.695. The number of benzene rings is 1. The average molecular weight is 282 g/mol. The second-order valence-electron chi connectivity index (χ2n) is 4.25. The Morgan fingerprint density at radius 3 is 3.05 bits per heavy atom. The van der Waals surface area contributed by atoms with Crippen molar-refractivity contribution in [3.63, 3.8) is 0 Å². The van der Waals surface area contributed by atoms with Crippen molar-refractivity contribution in [2.45, 2.75) is 4.90 Å². The molecule has 1 aliphatic heterocycles. The van der Waals surface area contributed by atoms with E-state index in [1.54, 1.807) is 29.3 Å². The molecule has 0 aliphatic carbocycles. The maximum absolute atomic E-state index is 4.35. The molecule has 0 saturated heterocycles. The van der Waals surface area contributed by atoms with Gasteiger partial charge in [0.15, 0.2) is 0 Å². The number of rotatable bonds is 1. The van der Waals surface area contributed by atoms with Gasteiger partial charge in [-0.3, -0.25) is 0 Å². The van der Waals surface area contributed by atoms with E-state index in [-0.39, 0.29) is 0 Å². The highest BCUT2D eigenvalue weighted by Gasteiger charge is 2.14. The first-order chi connectivity index (χ1) is 9.42. The summed E-state index contributed by atoms with van der Waals surface area (Å²) in [6.07, 6.45) is 10.0. The van der Waals surface area contributed by atoms with E-state index < -0.39 is 0 Å². The van der Waals surface area contributed by atoms with Gasteiger partial charge in [-0.05, 0) is 29.2 Å². The summed E-state index contributed by atoms with van der Waals surface area (Å²) in [7, 11) is 0. The van der Waals surface area contributed by atoms with Crippen molar-refractivity contribution in [1.29, 1.82) is 0 Å². The van der Waals surface area contributed by atoms with E-state index in [1.807, 2.05) is 6.20 Å². The molecule has 1 aliphatic rings. The maximum Gasteiger partial charge on any atom is 0.144 e. The number of H-pyrrole nitrogens is 1. The first-order valence-corrected chi connectivity index (χ1v) is 7.67. The van der Waals surface area contributed by atoms with Gasteiger partial charge in [0.05, 0.1) is 4.91 Å². The average Bonchev–Trinajstić information content (AvgIpc) is 3.06. The largest absolute Gasteiger partial charge is 0.344 e. The molecule has 4 heteroatoms. The van der Waals surface area contributed by atoms with Gasteiger partial charge in [0.25, 0.3) is 0 Å². The lowest BCUT2D eigenvalue weighted by molar-refractivity contribution is 1.26. The molecule has 1 N–H and O–H groups in total. The van der Waals surface area contributed by atoms with E-state index in [4.69, 9.17) is 0 Å². The Kier molecular flexibility index (Phi) is 2.57. The van der Waals surface area contributed by atoms with Gasteiger partial charge in [0.2, 0.25) is 0 Å². The minimum Gasteiger partial charge on any atom is -0.344 e. The number of aromatic nitrogens is 2. The smallest absolute Gasteiger partial charge is 0.144 e. The minimum atomic E-state index is 0.926. The van der Waals surface area contributed by atoms with E-state index in [0.29, 0.717) is 0 Å². The third-order valence-electron chi connectivity index (χ3n) is 3.08. The van der Waals surface area contributed by atoms with Gasteiger partial charge in [-0.15, -0.1) is 11.3 Å². The predicted octanol–water partition coefficient (Wildman–Crippen LogP) is 4.78. The second-order valence-corrected chi connectivity index (χ2v) is 6.25. The van der Waals surface area contributed by atoms with Crippen LogP contribution in [0.15, 0.2) is 53.0 Å². The van der Waals surface area contributed by atoms with Crippen LogP contribution in [0.3, 0.4) is 0 Å². The number of nitrogens with zero attached hydrogens (tertiary/aromatic N) is 1. The fraction of sp³-hybridized carbons (Fsp3) is 0. The second kappa shape index (κ2) is 4.40. The van der Waals surface area contributed by atoms with Crippen LogP contribution in [0, 0.1) is 0 Å². The Morgan fingerprint density at radius 1 is 1.16 bits per heavy atom. The number of fused-ring (bicyclic) bond motifs is 3. The molecule has 0 saturated carbocycles. The van der Waals surface area contributed by atoms with Crippen molar-refractivity contribution in [2.75, 3.05) is 0 Å². The molecule has 2 nitrogen and oxygen atoms in total. The summed E-state index contributed by atoms with van der Waals surface area (Å²) in [4.78, 5) is 9.99. The number of thioether (sulfide) groups is 1. The number of thiophene rings is 1. The van der Waals surface area contributed by atoms with Crippen LogP contribution < -0.4 is 0 Å². The zero-order valence-electron chi connectivity index (χ0n) is 9.96. The highest BCUT2D eigenvalue weighted by molar-refractivity contribution is 8.08. The van der Waals surface area contributed by atoms with Crippen molar-refractivity contribution in [3.05, 3.63) is 59.5 Å². The Labute approximate surface area is 118 Å². The summed E-state index contributed by atoms with van der Waals surface area (Å²) in [6.45, 7) is 0. The van der Waals surface area contributed by atoms with Gasteiger partial charge in [0.1, 0.15) is 5.82 Å². The van der Waals surface area contributed by atoms with Gasteiger partial charge in [-0.1, -0.05) is 30.0 Å². The van der Waals surface area contributed by atoms with Crippen LogP contribution in [-0.2, 0) is 0 Å². The molecular formula is C15H10N2S2. The highest BCUT2D eigenvalue weighted by Crippen LogP contribution is 2.42. The minimum absolute atomic E-state index is 0.926. The van der Waals surface area contributed by atoms with Gasteiger partial charge < -0.3 is 4.98 Å². The van der Waals surface area contributed by atoms with E-state index in [2.05, 4.69) is 51.8 Å². The normalized spacial score (nSPS) is 14.2. The monoisotopic (exact) mass is 282 g/mol. The zero-order chi connectivity index (χ0) is 12.7. The van der Waals surface area contributed by atoms with Crippen LogP contribution in [-0.4, -0.2) is 9.97 Å². The first-order valence-electron chi connectivity index (χ1n) is 5.98. The standard InChI is InChI=1S/C15H10N2S2/c1-2-10-4-5-12-11(6-9-18-12)14(10)19-13(3-1)15-16-7-8-17-15/h1-9H,(H,16,17). The van der Waals surface area contributed by atoms with Crippen LogP contribution >= 0.6 is 23.1 Å². The highest BCUT2D eigenvalue weighted by atomic mass is 32.2. The number of aromatic amines is 1. The molecule has 19 heavy (non-hydrogen) atoms. The lowest BCUT2D eigenvalue weighted by Crippen LogP contribution is -1.84. The summed E-state index contributed by atoms with van der Waals surface area (Å²) >= 11 is 3.57. The van der Waals surface area contributed by atoms with Crippen molar-refractivity contribution < 1.29 is 0 Å². The molecule has 0 amide bonds. The Hall–Kier alpha value is -1.78. The number of hydrogen-bond acceptors (Lipinski definition) is 3. The third-order valence-corrected chi connectivity index (χ3v) is 5.17. The summed E-state index contributed by atoms with van der Waals surface area (Å²) < 4.78 is 1.33. The molecule has 0 bridgehead atoms. The van der Waals surface area contributed by atoms with Crippen LogP contribution in [0.4, 0.5) is 0 Å². The van der Waals surface area contributed by atoms with Crippen molar-refractivity contribution in [1.82, 2.24) is 9.97 Å². The Balaban J connectivity index is 1.90. The molecule has 1 aromatic carbocycles. The van der Waals surface area contributed by atoms with Crippen LogP contribution in [0.2, 0.25) is 0 Å². The lowest BCUT2D eigenvalue weighted by Gasteiger charge is -2.07. The molecule has 4 rings (SSSR count). The fourth-order valence-corrected chi connectivity index (χ4v) is 4.17. The summed E-state index contributed by atoms with van der Waals surface area (Å²) in [6, 6.07) is 6.59. The van der Waals surface area contributed by atoms with E-state index in [1.165, 1.54) is 20.5 Å². The molecule has 0 radical (unpaired) electrons. The number of allylic oxidation sites excluding steroid dienone is 2. The topological polar surface area (TPSA) is 28.7 Å². The fourth-order valence-electron chi connectivity index (χ4n) is 2.19. The van der Waals surface area contributed by atoms with E-state index in [0.717, 1.165) is 10.7 Å². The van der Waals surface area contributed by atoms with Crippen LogP contribution in [0.1, 0.15) is 11.4 Å². The summed E-state index contributed by atoms with van der Waals surface area (Å²) in [5.74, 6) is 0.926. The molecular weight excluding hydrogens is 272 g/mol. The van der Waals surface area contributed by atoms with Gasteiger partial charge in [-0.25, -0.2) is 4.98 Å². The Morgan fingerprint density at radius 2 is 2.16 bits per heavy atom. The zero-order valence-corrected chi connectivity index (χ0v) is 11.6. The van der Waals surface area contributed by atoms with Crippen LogP contribution in [0.25, 0.3) is 21.1 Å². The SMILES string of the molecule is C1=Cc2ccc3sccc3c2SC(c2ncc[nH]2)=C1. The number of nitrogens with one attached hydrogen (secondary N) is 1. The van der Waals surface area contributed by atoms with Gasteiger partial charge in [0, 0.05) is 27.4 Å². The number of imidazole rings is 1. The van der Waals surface area contributed by atoms with Crippen molar-refractivity contribution >= 4 is 44.2 Å². The van der Waals surface area contributed by atoms with Gasteiger partial charge >= 0.3 is 0 Å². The molecule has 0 fully saturated rings. The molecule has 3 aromatic rings. The summed E-state index contributed by atoms with van der Waals surface area (Å²) in [5.41, 5.74) is 1.27. The van der Waals surface area contributed by atoms with E-state index in [9.17, 15) is 0 Å².